The maximum Gasteiger partial charge on any atom is 0.307 e. The Hall–Kier alpha value is -1.36. The van der Waals surface area contributed by atoms with Gasteiger partial charge in [-0.3, -0.25) is 4.79 Å². The molecule has 0 atom stereocenters. The van der Waals surface area contributed by atoms with E-state index in [1.165, 1.54) is 24.3 Å². The van der Waals surface area contributed by atoms with Crippen molar-refractivity contribution in [2.24, 2.45) is 0 Å². The van der Waals surface area contributed by atoms with Crippen molar-refractivity contribution in [3.63, 3.8) is 0 Å². The minimum Gasteiger partial charge on any atom is -0.481 e. The van der Waals surface area contributed by atoms with Gasteiger partial charge in [-0.05, 0) is 0 Å². The maximum absolute atomic E-state index is 10.5. The van der Waals surface area contributed by atoms with Crippen LogP contribution in [0.2, 0.25) is 0 Å². The highest BCUT2D eigenvalue weighted by Crippen LogP contribution is 2.19. The molecule has 0 aromatic carbocycles. The molecule has 5 heteroatoms. The van der Waals surface area contributed by atoms with Crippen LogP contribution in [0.5, 0.6) is 0 Å². The number of aromatic nitrogens is 2. The van der Waals surface area contributed by atoms with Crippen molar-refractivity contribution in [3.05, 3.63) is 30.7 Å². The minimum atomic E-state index is -0.875. The van der Waals surface area contributed by atoms with Crippen LogP contribution in [0.15, 0.2) is 30.2 Å². The van der Waals surface area contributed by atoms with Gasteiger partial charge in [0.15, 0.2) is 0 Å². The molecule has 0 radical (unpaired) electrons. The molecule has 0 fully saturated rings. The highest BCUT2D eigenvalue weighted by molar-refractivity contribution is 7.99. The Morgan fingerprint density at radius 3 is 3.14 bits per heavy atom. The molecule has 0 saturated carbocycles. The van der Waals surface area contributed by atoms with Crippen LogP contribution in [-0.4, -0.2) is 26.8 Å². The summed E-state index contributed by atoms with van der Waals surface area (Å²) in [5.74, 6) is -0.163. The first-order chi connectivity index (χ1) is 6.74. The Balaban J connectivity index is 2.79. The molecule has 0 aliphatic rings. The van der Waals surface area contributed by atoms with E-state index in [0.29, 0.717) is 16.3 Å². The lowest BCUT2D eigenvalue weighted by atomic mass is 10.2. The molecule has 0 amide bonds. The number of carboxylic acids is 1. The zero-order valence-electron chi connectivity index (χ0n) is 7.51. The van der Waals surface area contributed by atoms with E-state index in [1.807, 2.05) is 0 Å². The number of thioether (sulfide) groups is 1. The first-order valence-corrected chi connectivity index (χ1v) is 4.97. The molecular weight excluding hydrogens is 200 g/mol. The second kappa shape index (κ2) is 5.39. The highest BCUT2D eigenvalue weighted by atomic mass is 32.2. The number of hydrogen-bond acceptors (Lipinski definition) is 4. The van der Waals surface area contributed by atoms with Gasteiger partial charge >= 0.3 is 5.97 Å². The molecule has 0 unspecified atom stereocenters. The largest absolute Gasteiger partial charge is 0.481 e. The smallest absolute Gasteiger partial charge is 0.307 e. The third-order valence-electron chi connectivity index (χ3n) is 1.43. The van der Waals surface area contributed by atoms with Crippen LogP contribution >= 0.6 is 11.8 Å². The van der Waals surface area contributed by atoms with Crippen LogP contribution in [0.3, 0.4) is 0 Å². The summed E-state index contributed by atoms with van der Waals surface area (Å²) in [6, 6.07) is 0. The number of hydrogen-bond donors (Lipinski definition) is 1. The zero-order chi connectivity index (χ0) is 10.4. The van der Waals surface area contributed by atoms with Gasteiger partial charge in [-0.15, -0.1) is 18.3 Å². The quantitative estimate of drug-likeness (QED) is 0.452. The molecule has 0 saturated heterocycles. The Labute approximate surface area is 86.1 Å². The molecule has 1 heterocycles. The van der Waals surface area contributed by atoms with Gasteiger partial charge in [-0.2, -0.15) is 0 Å². The summed E-state index contributed by atoms with van der Waals surface area (Å²) in [6.07, 6.45) is 4.65. The van der Waals surface area contributed by atoms with Crippen LogP contribution in [0.1, 0.15) is 5.56 Å². The zero-order valence-corrected chi connectivity index (χ0v) is 8.33. The number of rotatable bonds is 5. The van der Waals surface area contributed by atoms with Crippen LogP contribution < -0.4 is 0 Å². The minimum absolute atomic E-state index is 0.0414. The molecule has 1 aromatic rings. The van der Waals surface area contributed by atoms with Crippen LogP contribution in [0.4, 0.5) is 0 Å². The van der Waals surface area contributed by atoms with Crippen LogP contribution in [-0.2, 0) is 11.2 Å². The van der Waals surface area contributed by atoms with E-state index >= 15 is 0 Å². The third kappa shape index (κ3) is 3.18. The Kier molecular flexibility index (Phi) is 4.12. The molecule has 0 aliphatic heterocycles. The second-order valence-electron chi connectivity index (χ2n) is 2.52. The van der Waals surface area contributed by atoms with Crippen molar-refractivity contribution in [2.75, 3.05) is 5.75 Å². The van der Waals surface area contributed by atoms with Crippen molar-refractivity contribution in [3.8, 4) is 0 Å². The molecule has 0 spiro atoms. The van der Waals surface area contributed by atoms with Crippen molar-refractivity contribution in [1.29, 1.82) is 0 Å². The second-order valence-corrected chi connectivity index (χ2v) is 3.53. The SMILES string of the molecule is C=CCSc1ncncc1CC(=O)O. The van der Waals surface area contributed by atoms with Crippen molar-refractivity contribution >= 4 is 17.7 Å². The summed E-state index contributed by atoms with van der Waals surface area (Å²) in [4.78, 5) is 18.3. The molecule has 1 aromatic heterocycles. The van der Waals surface area contributed by atoms with E-state index < -0.39 is 5.97 Å². The summed E-state index contributed by atoms with van der Waals surface area (Å²) >= 11 is 1.46. The summed E-state index contributed by atoms with van der Waals surface area (Å²) in [7, 11) is 0. The van der Waals surface area contributed by atoms with Gasteiger partial charge in [-0.25, -0.2) is 9.97 Å². The van der Waals surface area contributed by atoms with Crippen LogP contribution in [0, 0.1) is 0 Å². The molecule has 0 bridgehead atoms. The first kappa shape index (κ1) is 10.7. The third-order valence-corrected chi connectivity index (χ3v) is 2.47. The van der Waals surface area contributed by atoms with Gasteiger partial charge in [0.25, 0.3) is 0 Å². The lowest BCUT2D eigenvalue weighted by Crippen LogP contribution is -2.03. The highest BCUT2D eigenvalue weighted by Gasteiger charge is 2.07. The number of aliphatic carboxylic acids is 1. The summed E-state index contributed by atoms with van der Waals surface area (Å²) in [5, 5.41) is 9.34. The first-order valence-electron chi connectivity index (χ1n) is 3.98. The fraction of sp³-hybridized carbons (Fsp3) is 0.222. The van der Waals surface area contributed by atoms with E-state index in [1.54, 1.807) is 6.08 Å². The molecule has 1 rings (SSSR count). The maximum atomic E-state index is 10.5. The molecule has 14 heavy (non-hydrogen) atoms. The van der Waals surface area contributed by atoms with Crippen molar-refractivity contribution < 1.29 is 9.90 Å². The van der Waals surface area contributed by atoms with Gasteiger partial charge in [0, 0.05) is 17.5 Å². The lowest BCUT2D eigenvalue weighted by molar-refractivity contribution is -0.136. The average Bonchev–Trinajstić information content (AvgIpc) is 2.16. The van der Waals surface area contributed by atoms with Gasteiger partial charge < -0.3 is 5.11 Å². The van der Waals surface area contributed by atoms with E-state index in [-0.39, 0.29) is 6.42 Å². The fourth-order valence-electron chi connectivity index (χ4n) is 0.899. The normalized spacial score (nSPS) is 9.71. The van der Waals surface area contributed by atoms with E-state index in [2.05, 4.69) is 16.5 Å². The molecule has 1 N–H and O–H groups in total. The Morgan fingerprint density at radius 1 is 1.71 bits per heavy atom. The summed E-state index contributed by atoms with van der Waals surface area (Å²) in [5.41, 5.74) is 0.645. The standard InChI is InChI=1S/C9H10N2O2S/c1-2-3-14-9-7(4-8(12)13)5-10-6-11-9/h2,5-6H,1,3-4H2,(H,12,13). The molecule has 0 aliphatic carbocycles. The Bertz CT molecular complexity index is 341. The summed E-state index contributed by atoms with van der Waals surface area (Å²) in [6.45, 7) is 3.59. The predicted molar refractivity (Wildman–Crippen MR) is 54.3 cm³/mol. The fourth-order valence-corrected chi connectivity index (χ4v) is 1.61. The van der Waals surface area contributed by atoms with Crippen molar-refractivity contribution in [1.82, 2.24) is 9.97 Å². The number of carbonyl (C=O) groups is 1. The molecule has 4 nitrogen and oxygen atoms in total. The number of carboxylic acid groups (broad SMARTS) is 1. The van der Waals surface area contributed by atoms with Gasteiger partial charge in [0.2, 0.25) is 0 Å². The monoisotopic (exact) mass is 210 g/mol. The van der Waals surface area contributed by atoms with E-state index in [9.17, 15) is 4.79 Å². The summed E-state index contributed by atoms with van der Waals surface area (Å²) < 4.78 is 0. The van der Waals surface area contributed by atoms with Gasteiger partial charge in [-0.1, -0.05) is 6.08 Å². The van der Waals surface area contributed by atoms with E-state index in [4.69, 9.17) is 5.11 Å². The average molecular weight is 210 g/mol. The molecular formula is C9H10N2O2S. The van der Waals surface area contributed by atoms with Gasteiger partial charge in [0.1, 0.15) is 11.4 Å². The van der Waals surface area contributed by atoms with Crippen LogP contribution in [0.25, 0.3) is 0 Å². The topological polar surface area (TPSA) is 63.1 Å². The van der Waals surface area contributed by atoms with Crippen molar-refractivity contribution in [2.45, 2.75) is 11.4 Å². The Morgan fingerprint density at radius 2 is 2.50 bits per heavy atom. The molecule has 74 valence electrons. The lowest BCUT2D eigenvalue weighted by Gasteiger charge is -2.02. The van der Waals surface area contributed by atoms with Gasteiger partial charge in [0.05, 0.1) is 6.42 Å². The predicted octanol–water partition coefficient (Wildman–Crippen LogP) is 1.38. The van der Waals surface area contributed by atoms with E-state index in [0.717, 1.165) is 0 Å². The number of nitrogens with zero attached hydrogens (tertiary/aromatic N) is 2.